The Morgan fingerprint density at radius 2 is 1.50 bits per heavy atom. The second-order valence-electron chi connectivity index (χ2n) is 3.34. The summed E-state index contributed by atoms with van der Waals surface area (Å²) in [6.45, 7) is 2.11. The Labute approximate surface area is 91.5 Å². The van der Waals surface area contributed by atoms with Gasteiger partial charge < -0.3 is 5.32 Å². The van der Waals surface area contributed by atoms with Crippen LogP contribution in [0.1, 0.15) is 30.5 Å². The molecular formula is C11H13F4N. The third-order valence-electron chi connectivity index (χ3n) is 2.22. The lowest BCUT2D eigenvalue weighted by Gasteiger charge is -2.17. The van der Waals surface area contributed by atoms with Crippen LogP contribution in [0.3, 0.4) is 0 Å². The van der Waals surface area contributed by atoms with E-state index in [2.05, 4.69) is 5.32 Å². The summed E-state index contributed by atoms with van der Waals surface area (Å²) in [4.78, 5) is 0. The minimum Gasteiger partial charge on any atom is -0.306 e. The largest absolute Gasteiger partial charge is 0.306 e. The van der Waals surface area contributed by atoms with Crippen molar-refractivity contribution in [2.45, 2.75) is 25.8 Å². The quantitative estimate of drug-likeness (QED) is 0.770. The molecule has 16 heavy (non-hydrogen) atoms. The second kappa shape index (κ2) is 5.84. The number of benzene rings is 1. The predicted octanol–water partition coefficient (Wildman–Crippen LogP) is 3.54. The molecule has 1 atom stereocenters. The van der Waals surface area contributed by atoms with Crippen LogP contribution in [0.25, 0.3) is 0 Å². The van der Waals surface area contributed by atoms with Crippen molar-refractivity contribution in [2.75, 3.05) is 6.54 Å². The summed E-state index contributed by atoms with van der Waals surface area (Å²) in [7, 11) is 0. The first-order valence-electron chi connectivity index (χ1n) is 4.95. The molecule has 1 N–H and O–H groups in total. The molecule has 0 radical (unpaired) electrons. The molecule has 0 bridgehead atoms. The van der Waals surface area contributed by atoms with Gasteiger partial charge in [-0.05, 0) is 12.1 Å². The fourth-order valence-electron chi connectivity index (χ4n) is 1.42. The highest BCUT2D eigenvalue weighted by Crippen LogP contribution is 2.24. The van der Waals surface area contributed by atoms with Gasteiger partial charge in [-0.1, -0.05) is 31.2 Å². The van der Waals surface area contributed by atoms with Gasteiger partial charge in [-0.25, -0.2) is 17.6 Å². The molecule has 1 unspecified atom stereocenters. The maximum Gasteiger partial charge on any atom is 0.263 e. The maximum absolute atomic E-state index is 12.6. The summed E-state index contributed by atoms with van der Waals surface area (Å²) < 4.78 is 49.7. The Morgan fingerprint density at radius 1 is 1.00 bits per heavy atom. The van der Waals surface area contributed by atoms with E-state index in [9.17, 15) is 17.6 Å². The Kier molecular flexibility index (Phi) is 4.73. The highest BCUT2D eigenvalue weighted by molar-refractivity contribution is 5.26. The van der Waals surface area contributed by atoms with Crippen LogP contribution in [0.5, 0.6) is 0 Å². The topological polar surface area (TPSA) is 12.0 Å². The standard InChI is InChI=1S/C11H13F4N/c1-2-16-9(11(14)15)7-3-5-8(6-4-7)10(12)13/h3-6,9-11,16H,2H2,1H3. The minimum atomic E-state index is -2.57. The molecule has 0 fully saturated rings. The van der Waals surface area contributed by atoms with E-state index in [0.29, 0.717) is 12.1 Å². The van der Waals surface area contributed by atoms with Gasteiger partial charge in [0.05, 0.1) is 6.04 Å². The number of hydrogen-bond donors (Lipinski definition) is 1. The maximum atomic E-state index is 12.6. The van der Waals surface area contributed by atoms with E-state index in [1.807, 2.05) is 0 Å². The average molecular weight is 235 g/mol. The Morgan fingerprint density at radius 3 is 1.88 bits per heavy atom. The molecule has 0 aliphatic rings. The molecule has 0 aliphatic heterocycles. The molecule has 0 heterocycles. The average Bonchev–Trinajstić information content (AvgIpc) is 2.25. The van der Waals surface area contributed by atoms with Crippen LogP contribution < -0.4 is 5.32 Å². The molecule has 90 valence electrons. The lowest BCUT2D eigenvalue weighted by atomic mass is 10.1. The lowest BCUT2D eigenvalue weighted by molar-refractivity contribution is 0.0992. The second-order valence-corrected chi connectivity index (χ2v) is 3.34. The molecule has 1 nitrogen and oxygen atoms in total. The zero-order valence-corrected chi connectivity index (χ0v) is 8.76. The van der Waals surface area contributed by atoms with Crippen LogP contribution in [0.4, 0.5) is 17.6 Å². The van der Waals surface area contributed by atoms with Crippen molar-refractivity contribution in [3.05, 3.63) is 35.4 Å². The van der Waals surface area contributed by atoms with Gasteiger partial charge in [0, 0.05) is 5.56 Å². The summed E-state index contributed by atoms with van der Waals surface area (Å²) in [5.74, 6) is 0. The fraction of sp³-hybridized carbons (Fsp3) is 0.455. The van der Waals surface area contributed by atoms with E-state index in [4.69, 9.17) is 0 Å². The monoisotopic (exact) mass is 235 g/mol. The molecule has 1 aromatic rings. The van der Waals surface area contributed by atoms with Crippen molar-refractivity contribution < 1.29 is 17.6 Å². The smallest absolute Gasteiger partial charge is 0.263 e. The van der Waals surface area contributed by atoms with Crippen LogP contribution in [-0.4, -0.2) is 13.0 Å². The van der Waals surface area contributed by atoms with Crippen LogP contribution in [0.15, 0.2) is 24.3 Å². The van der Waals surface area contributed by atoms with E-state index in [0.717, 1.165) is 0 Å². The molecule has 1 aromatic carbocycles. The van der Waals surface area contributed by atoms with Crippen LogP contribution in [-0.2, 0) is 0 Å². The van der Waals surface area contributed by atoms with Crippen molar-refractivity contribution in [2.24, 2.45) is 0 Å². The molecular weight excluding hydrogens is 222 g/mol. The fourth-order valence-corrected chi connectivity index (χ4v) is 1.42. The molecule has 0 amide bonds. The third kappa shape index (κ3) is 3.20. The summed E-state index contributed by atoms with van der Waals surface area (Å²) >= 11 is 0. The van der Waals surface area contributed by atoms with Gasteiger partial charge in [0.2, 0.25) is 0 Å². The minimum absolute atomic E-state index is 0.159. The van der Waals surface area contributed by atoms with Gasteiger partial charge in [-0.2, -0.15) is 0 Å². The zero-order chi connectivity index (χ0) is 12.1. The van der Waals surface area contributed by atoms with E-state index < -0.39 is 18.9 Å². The van der Waals surface area contributed by atoms with Crippen molar-refractivity contribution in [3.63, 3.8) is 0 Å². The van der Waals surface area contributed by atoms with Gasteiger partial charge in [0.1, 0.15) is 0 Å². The van der Waals surface area contributed by atoms with E-state index in [-0.39, 0.29) is 5.56 Å². The number of hydrogen-bond acceptors (Lipinski definition) is 1. The Hall–Kier alpha value is -1.10. The normalized spacial score (nSPS) is 13.4. The highest BCUT2D eigenvalue weighted by Gasteiger charge is 2.21. The number of nitrogens with one attached hydrogen (secondary N) is 1. The number of alkyl halides is 4. The molecule has 0 saturated heterocycles. The molecule has 1 rings (SSSR count). The van der Waals surface area contributed by atoms with E-state index in [1.165, 1.54) is 24.3 Å². The van der Waals surface area contributed by atoms with Gasteiger partial charge in [-0.3, -0.25) is 0 Å². The summed E-state index contributed by atoms with van der Waals surface area (Å²) in [5.41, 5.74) is 0.162. The Balaban J connectivity index is 2.85. The van der Waals surface area contributed by atoms with E-state index >= 15 is 0 Å². The van der Waals surface area contributed by atoms with Crippen molar-refractivity contribution in [1.82, 2.24) is 5.32 Å². The molecule has 5 heteroatoms. The van der Waals surface area contributed by atoms with Gasteiger partial charge in [0.15, 0.2) is 0 Å². The van der Waals surface area contributed by atoms with Gasteiger partial charge in [0.25, 0.3) is 12.9 Å². The first-order chi connectivity index (χ1) is 7.56. The summed E-state index contributed by atoms with van der Waals surface area (Å²) in [5, 5.41) is 2.61. The van der Waals surface area contributed by atoms with Crippen molar-refractivity contribution in [1.29, 1.82) is 0 Å². The van der Waals surface area contributed by atoms with Crippen LogP contribution in [0, 0.1) is 0 Å². The number of rotatable bonds is 5. The predicted molar refractivity (Wildman–Crippen MR) is 53.8 cm³/mol. The van der Waals surface area contributed by atoms with Crippen molar-refractivity contribution in [3.8, 4) is 0 Å². The van der Waals surface area contributed by atoms with Crippen molar-refractivity contribution >= 4 is 0 Å². The SMILES string of the molecule is CCNC(c1ccc(C(F)F)cc1)C(F)F. The number of halogens is 4. The van der Waals surface area contributed by atoms with E-state index in [1.54, 1.807) is 6.92 Å². The molecule has 0 aliphatic carbocycles. The lowest BCUT2D eigenvalue weighted by Crippen LogP contribution is -2.27. The van der Waals surface area contributed by atoms with Gasteiger partial charge >= 0.3 is 0 Å². The molecule has 0 spiro atoms. The Bertz CT molecular complexity index is 310. The zero-order valence-electron chi connectivity index (χ0n) is 8.76. The highest BCUT2D eigenvalue weighted by atomic mass is 19.3. The molecule has 0 saturated carbocycles. The summed E-state index contributed by atoms with van der Waals surface area (Å²) in [6.07, 6.45) is -5.13. The first-order valence-corrected chi connectivity index (χ1v) is 4.95. The third-order valence-corrected chi connectivity index (χ3v) is 2.22. The van der Waals surface area contributed by atoms with Crippen LogP contribution >= 0.6 is 0 Å². The molecule has 0 aromatic heterocycles. The summed E-state index contributed by atoms with van der Waals surface area (Å²) in [6, 6.07) is 3.86. The van der Waals surface area contributed by atoms with Gasteiger partial charge in [-0.15, -0.1) is 0 Å². The van der Waals surface area contributed by atoms with Crippen LogP contribution in [0.2, 0.25) is 0 Å². The first kappa shape index (κ1) is 13.0.